The third-order valence-corrected chi connectivity index (χ3v) is 1.86. The van der Waals surface area contributed by atoms with Crippen LogP contribution in [0.4, 0.5) is 5.69 Å². The van der Waals surface area contributed by atoms with E-state index in [4.69, 9.17) is 11.6 Å². The number of halogens is 1. The number of aromatic nitrogens is 2. The highest BCUT2D eigenvalue weighted by molar-refractivity contribution is 6.31. The number of aromatic amines is 1. The van der Waals surface area contributed by atoms with Gasteiger partial charge in [-0.1, -0.05) is 11.6 Å². The molecule has 0 unspecified atom stereocenters. The summed E-state index contributed by atoms with van der Waals surface area (Å²) < 4.78 is 0. The number of hydrogen-bond donors (Lipinski definition) is 1. The molecule has 0 spiro atoms. The number of hydrogen-bond acceptors (Lipinski definition) is 3. The van der Waals surface area contributed by atoms with Gasteiger partial charge in [-0.05, 0) is 6.07 Å². The van der Waals surface area contributed by atoms with Gasteiger partial charge in [-0.3, -0.25) is 10.1 Å². The Morgan fingerprint density at radius 1 is 1.62 bits per heavy atom. The molecule has 6 heteroatoms. The van der Waals surface area contributed by atoms with Gasteiger partial charge in [-0.2, -0.15) is 0 Å². The van der Waals surface area contributed by atoms with Crippen molar-refractivity contribution in [3.05, 3.63) is 33.6 Å². The van der Waals surface area contributed by atoms with E-state index in [2.05, 4.69) is 9.97 Å². The molecular weight excluding hydrogens is 194 g/mol. The molecule has 0 atom stereocenters. The van der Waals surface area contributed by atoms with Crippen LogP contribution in [0.1, 0.15) is 0 Å². The quantitative estimate of drug-likeness (QED) is 0.562. The van der Waals surface area contributed by atoms with Crippen LogP contribution in [-0.2, 0) is 0 Å². The van der Waals surface area contributed by atoms with Crippen LogP contribution in [-0.4, -0.2) is 14.9 Å². The molecule has 0 fully saturated rings. The average molecular weight is 198 g/mol. The van der Waals surface area contributed by atoms with Crippen LogP contribution >= 0.6 is 11.6 Å². The van der Waals surface area contributed by atoms with E-state index in [1.807, 2.05) is 0 Å². The molecule has 2 aromatic heterocycles. The van der Waals surface area contributed by atoms with Crippen molar-refractivity contribution in [2.75, 3.05) is 0 Å². The lowest BCUT2D eigenvalue weighted by Gasteiger charge is -1.89. The Balaban J connectivity index is 2.76. The van der Waals surface area contributed by atoms with E-state index >= 15 is 0 Å². The molecule has 0 saturated carbocycles. The molecular formula is C7H4ClN3O2. The number of nitrogens with zero attached hydrogens (tertiary/aromatic N) is 2. The van der Waals surface area contributed by atoms with E-state index in [0.29, 0.717) is 16.1 Å². The number of nitro groups is 1. The summed E-state index contributed by atoms with van der Waals surface area (Å²) in [6.45, 7) is 0. The highest BCUT2D eigenvalue weighted by atomic mass is 35.5. The van der Waals surface area contributed by atoms with Gasteiger partial charge in [0.15, 0.2) is 5.52 Å². The molecule has 13 heavy (non-hydrogen) atoms. The van der Waals surface area contributed by atoms with Gasteiger partial charge in [0, 0.05) is 6.20 Å². The molecule has 2 heterocycles. The van der Waals surface area contributed by atoms with E-state index < -0.39 is 4.92 Å². The summed E-state index contributed by atoms with van der Waals surface area (Å²) in [7, 11) is 0. The first-order valence-corrected chi connectivity index (χ1v) is 3.83. The van der Waals surface area contributed by atoms with Gasteiger partial charge >= 0.3 is 5.69 Å². The molecule has 66 valence electrons. The molecule has 5 nitrogen and oxygen atoms in total. The van der Waals surface area contributed by atoms with Crippen molar-refractivity contribution >= 4 is 28.3 Å². The second-order valence-corrected chi connectivity index (χ2v) is 2.92. The fourth-order valence-electron chi connectivity index (χ4n) is 1.11. The molecule has 0 radical (unpaired) electrons. The first kappa shape index (κ1) is 8.00. The van der Waals surface area contributed by atoms with Crippen LogP contribution in [0.2, 0.25) is 5.02 Å². The van der Waals surface area contributed by atoms with Crippen LogP contribution in [0.15, 0.2) is 18.5 Å². The van der Waals surface area contributed by atoms with Gasteiger partial charge in [0.1, 0.15) is 0 Å². The summed E-state index contributed by atoms with van der Waals surface area (Å²) in [5, 5.41) is 10.9. The summed E-state index contributed by atoms with van der Waals surface area (Å²) in [6.07, 6.45) is 2.68. The topological polar surface area (TPSA) is 71.8 Å². The SMILES string of the molecule is O=[N+]([O-])c1c[nH]c2cc(Cl)cnc12. The molecule has 0 saturated heterocycles. The molecule has 2 aromatic rings. The lowest BCUT2D eigenvalue weighted by molar-refractivity contribution is -0.383. The second kappa shape index (κ2) is 2.70. The van der Waals surface area contributed by atoms with E-state index in [1.54, 1.807) is 6.07 Å². The van der Waals surface area contributed by atoms with E-state index in [-0.39, 0.29) is 5.69 Å². The van der Waals surface area contributed by atoms with Gasteiger partial charge in [-0.25, -0.2) is 4.98 Å². The summed E-state index contributed by atoms with van der Waals surface area (Å²) in [5.41, 5.74) is 0.861. The number of H-pyrrole nitrogens is 1. The predicted molar refractivity (Wildman–Crippen MR) is 47.8 cm³/mol. The van der Waals surface area contributed by atoms with Gasteiger partial charge in [0.05, 0.1) is 21.7 Å². The molecule has 1 N–H and O–H groups in total. The summed E-state index contributed by atoms with van der Waals surface area (Å²) in [6, 6.07) is 1.59. The zero-order valence-electron chi connectivity index (χ0n) is 6.32. The van der Waals surface area contributed by atoms with Crippen LogP contribution in [0.3, 0.4) is 0 Å². The van der Waals surface area contributed by atoms with Gasteiger partial charge in [-0.15, -0.1) is 0 Å². The number of pyridine rings is 1. The highest BCUT2D eigenvalue weighted by Gasteiger charge is 2.14. The van der Waals surface area contributed by atoms with Crippen molar-refractivity contribution in [3.63, 3.8) is 0 Å². The maximum absolute atomic E-state index is 10.5. The predicted octanol–water partition coefficient (Wildman–Crippen LogP) is 2.12. The monoisotopic (exact) mass is 197 g/mol. The van der Waals surface area contributed by atoms with Crippen molar-refractivity contribution < 1.29 is 4.92 Å². The Labute approximate surface area is 77.5 Å². The Bertz CT molecular complexity index is 480. The Hall–Kier alpha value is -1.62. The fourth-order valence-corrected chi connectivity index (χ4v) is 1.26. The molecule has 0 aliphatic rings. The standard InChI is InChI=1S/C7H4ClN3O2/c8-4-1-5-7(10-2-4)6(3-9-5)11(12)13/h1-3,9H. The van der Waals surface area contributed by atoms with Gasteiger partial charge < -0.3 is 4.98 Å². The van der Waals surface area contributed by atoms with Crippen molar-refractivity contribution in [3.8, 4) is 0 Å². The van der Waals surface area contributed by atoms with Crippen LogP contribution in [0, 0.1) is 10.1 Å². The van der Waals surface area contributed by atoms with Crippen molar-refractivity contribution in [2.24, 2.45) is 0 Å². The first-order valence-electron chi connectivity index (χ1n) is 3.45. The second-order valence-electron chi connectivity index (χ2n) is 2.48. The minimum absolute atomic E-state index is 0.0355. The zero-order valence-corrected chi connectivity index (χ0v) is 7.08. The first-order chi connectivity index (χ1) is 6.18. The van der Waals surface area contributed by atoms with E-state index in [0.717, 1.165) is 0 Å². The van der Waals surface area contributed by atoms with Crippen molar-refractivity contribution in [1.29, 1.82) is 0 Å². The summed E-state index contributed by atoms with van der Waals surface area (Å²) in [5.74, 6) is 0. The minimum atomic E-state index is -0.486. The van der Waals surface area contributed by atoms with Crippen molar-refractivity contribution in [2.45, 2.75) is 0 Å². The van der Waals surface area contributed by atoms with Crippen LogP contribution in [0.25, 0.3) is 11.0 Å². The van der Waals surface area contributed by atoms with Crippen LogP contribution in [0.5, 0.6) is 0 Å². The highest BCUT2D eigenvalue weighted by Crippen LogP contribution is 2.24. The molecule has 0 bridgehead atoms. The Kier molecular flexibility index (Phi) is 1.66. The third-order valence-electron chi connectivity index (χ3n) is 1.66. The maximum atomic E-state index is 10.5. The lowest BCUT2D eigenvalue weighted by atomic mass is 10.3. The van der Waals surface area contributed by atoms with Crippen LogP contribution < -0.4 is 0 Å². The molecule has 2 rings (SSSR count). The lowest BCUT2D eigenvalue weighted by Crippen LogP contribution is -1.86. The van der Waals surface area contributed by atoms with E-state index in [1.165, 1.54) is 12.4 Å². The van der Waals surface area contributed by atoms with Crippen molar-refractivity contribution in [1.82, 2.24) is 9.97 Å². The summed E-state index contributed by atoms with van der Waals surface area (Å²) in [4.78, 5) is 16.6. The normalized spacial score (nSPS) is 10.5. The van der Waals surface area contributed by atoms with Gasteiger partial charge in [0.2, 0.25) is 0 Å². The number of fused-ring (bicyclic) bond motifs is 1. The third kappa shape index (κ3) is 1.23. The maximum Gasteiger partial charge on any atom is 0.312 e. The largest absolute Gasteiger partial charge is 0.354 e. The molecule has 0 amide bonds. The fraction of sp³-hybridized carbons (Fsp3) is 0. The van der Waals surface area contributed by atoms with E-state index in [9.17, 15) is 10.1 Å². The van der Waals surface area contributed by atoms with Gasteiger partial charge in [0.25, 0.3) is 0 Å². The minimum Gasteiger partial charge on any atom is -0.354 e. The molecule has 0 aromatic carbocycles. The molecule has 0 aliphatic heterocycles. The smallest absolute Gasteiger partial charge is 0.312 e. The zero-order chi connectivity index (χ0) is 9.42. The molecule has 0 aliphatic carbocycles. The number of nitrogens with one attached hydrogen (secondary N) is 1. The number of rotatable bonds is 1. The Morgan fingerprint density at radius 3 is 3.08 bits per heavy atom. The summed E-state index contributed by atoms with van der Waals surface area (Å²) >= 11 is 5.66. The average Bonchev–Trinajstić information content (AvgIpc) is 2.46. The Morgan fingerprint density at radius 2 is 2.38 bits per heavy atom.